The second-order valence-corrected chi connectivity index (χ2v) is 7.26. The zero-order chi connectivity index (χ0) is 18.8. The van der Waals surface area contributed by atoms with Crippen molar-refractivity contribution in [1.29, 1.82) is 0 Å². The number of hydrogen-bond donors (Lipinski definition) is 2. The van der Waals surface area contributed by atoms with Crippen LogP contribution in [-0.2, 0) is 19.5 Å². The molecule has 6 heteroatoms. The molecule has 0 bridgehead atoms. The number of fused-ring (bicyclic) bond motifs is 1. The predicted molar refractivity (Wildman–Crippen MR) is 107 cm³/mol. The first-order valence-electron chi connectivity index (χ1n) is 9.01. The highest BCUT2D eigenvalue weighted by molar-refractivity contribution is 6.30. The number of carbonyl (C=O) groups is 1. The van der Waals surface area contributed by atoms with Crippen LogP contribution in [0.1, 0.15) is 32.7 Å². The summed E-state index contributed by atoms with van der Waals surface area (Å²) in [5, 5.41) is 11.5. The first-order chi connectivity index (χ1) is 13.1. The zero-order valence-corrected chi connectivity index (χ0v) is 15.9. The SMILES string of the molecule is Cc1cc(NC(=O)c2ccc3c(c2)CCNC3)nn1Cc1ccc(Cl)cc1. The number of aryl methyl sites for hydroxylation is 1. The van der Waals surface area contributed by atoms with Crippen molar-refractivity contribution in [3.63, 3.8) is 0 Å². The molecular weight excluding hydrogens is 360 g/mol. The van der Waals surface area contributed by atoms with Crippen molar-refractivity contribution >= 4 is 23.3 Å². The van der Waals surface area contributed by atoms with Gasteiger partial charge in [-0.05, 0) is 60.8 Å². The van der Waals surface area contributed by atoms with Crippen molar-refractivity contribution in [2.24, 2.45) is 0 Å². The standard InChI is InChI=1S/C21H21ClN4O/c1-14-10-20(25-26(14)13-15-2-6-19(22)7-3-15)24-21(27)17-4-5-18-12-23-9-8-16(18)11-17/h2-7,10-11,23H,8-9,12-13H2,1H3,(H,24,25,27). The van der Waals surface area contributed by atoms with Gasteiger partial charge in [-0.3, -0.25) is 9.48 Å². The lowest BCUT2D eigenvalue weighted by molar-refractivity contribution is 0.102. The molecule has 2 N–H and O–H groups in total. The fourth-order valence-electron chi connectivity index (χ4n) is 3.30. The van der Waals surface area contributed by atoms with Crippen LogP contribution in [0.4, 0.5) is 5.82 Å². The van der Waals surface area contributed by atoms with Crippen molar-refractivity contribution in [3.05, 3.63) is 81.5 Å². The molecule has 3 aromatic rings. The first-order valence-corrected chi connectivity index (χ1v) is 9.39. The number of nitrogens with zero attached hydrogens (tertiary/aromatic N) is 2. The van der Waals surface area contributed by atoms with Crippen LogP contribution < -0.4 is 10.6 Å². The van der Waals surface area contributed by atoms with E-state index in [1.54, 1.807) is 0 Å². The predicted octanol–water partition coefficient (Wildman–Crippen LogP) is 3.79. The molecule has 0 saturated heterocycles. The average molecular weight is 381 g/mol. The Balaban J connectivity index is 1.48. The summed E-state index contributed by atoms with van der Waals surface area (Å²) in [4.78, 5) is 12.6. The zero-order valence-electron chi connectivity index (χ0n) is 15.1. The summed E-state index contributed by atoms with van der Waals surface area (Å²) in [5.41, 5.74) is 5.26. The molecule has 0 aliphatic carbocycles. The van der Waals surface area contributed by atoms with Gasteiger partial charge in [0.25, 0.3) is 5.91 Å². The van der Waals surface area contributed by atoms with E-state index in [2.05, 4.69) is 15.7 Å². The number of amides is 1. The Hall–Kier alpha value is -2.63. The maximum absolute atomic E-state index is 12.6. The summed E-state index contributed by atoms with van der Waals surface area (Å²) in [6.07, 6.45) is 0.950. The summed E-state index contributed by atoms with van der Waals surface area (Å²) in [7, 11) is 0. The number of rotatable bonds is 4. The lowest BCUT2D eigenvalue weighted by atomic mass is 9.98. The van der Waals surface area contributed by atoms with Crippen LogP contribution in [0.2, 0.25) is 5.02 Å². The molecule has 0 radical (unpaired) electrons. The topological polar surface area (TPSA) is 59.0 Å². The molecule has 0 atom stereocenters. The summed E-state index contributed by atoms with van der Waals surface area (Å²) in [5.74, 6) is 0.429. The van der Waals surface area contributed by atoms with E-state index in [4.69, 9.17) is 11.6 Å². The van der Waals surface area contributed by atoms with Crippen LogP contribution >= 0.6 is 11.6 Å². The molecule has 2 heterocycles. The molecule has 5 nitrogen and oxygen atoms in total. The number of nitrogens with one attached hydrogen (secondary N) is 2. The van der Waals surface area contributed by atoms with Gasteiger partial charge in [0, 0.05) is 28.9 Å². The Bertz CT molecular complexity index is 978. The minimum absolute atomic E-state index is 0.132. The van der Waals surface area contributed by atoms with Gasteiger partial charge in [-0.25, -0.2) is 0 Å². The molecule has 138 valence electrons. The number of aromatic nitrogens is 2. The van der Waals surface area contributed by atoms with Crippen LogP contribution in [0.25, 0.3) is 0 Å². The summed E-state index contributed by atoms with van der Waals surface area (Å²) >= 11 is 5.94. The highest BCUT2D eigenvalue weighted by Crippen LogP contribution is 2.18. The molecule has 4 rings (SSSR count). The molecule has 0 unspecified atom stereocenters. The molecule has 0 fully saturated rings. The Morgan fingerprint density at radius 2 is 2.00 bits per heavy atom. The Morgan fingerprint density at radius 3 is 2.81 bits per heavy atom. The van der Waals surface area contributed by atoms with Crippen LogP contribution in [0.5, 0.6) is 0 Å². The number of hydrogen-bond acceptors (Lipinski definition) is 3. The van der Waals surface area contributed by atoms with Gasteiger partial charge in [-0.15, -0.1) is 0 Å². The van der Waals surface area contributed by atoms with Crippen molar-refractivity contribution in [3.8, 4) is 0 Å². The van der Waals surface area contributed by atoms with Gasteiger partial charge in [0.15, 0.2) is 5.82 Å². The maximum Gasteiger partial charge on any atom is 0.256 e. The third-order valence-corrected chi connectivity index (χ3v) is 5.08. The van der Waals surface area contributed by atoms with E-state index in [9.17, 15) is 4.79 Å². The molecule has 27 heavy (non-hydrogen) atoms. The smallest absolute Gasteiger partial charge is 0.256 e. The van der Waals surface area contributed by atoms with Gasteiger partial charge in [0.2, 0.25) is 0 Å². The van der Waals surface area contributed by atoms with Crippen molar-refractivity contribution in [2.45, 2.75) is 26.4 Å². The normalized spacial score (nSPS) is 13.3. The molecule has 1 amide bonds. The fraction of sp³-hybridized carbons (Fsp3) is 0.238. The van der Waals surface area contributed by atoms with E-state index in [1.165, 1.54) is 11.1 Å². The van der Waals surface area contributed by atoms with Gasteiger partial charge in [0.05, 0.1) is 6.54 Å². The third kappa shape index (κ3) is 4.04. The highest BCUT2D eigenvalue weighted by atomic mass is 35.5. The van der Waals surface area contributed by atoms with E-state index in [-0.39, 0.29) is 5.91 Å². The third-order valence-electron chi connectivity index (χ3n) is 4.82. The van der Waals surface area contributed by atoms with Gasteiger partial charge in [-0.2, -0.15) is 5.10 Å². The van der Waals surface area contributed by atoms with Crippen molar-refractivity contribution in [1.82, 2.24) is 15.1 Å². The van der Waals surface area contributed by atoms with Crippen molar-refractivity contribution in [2.75, 3.05) is 11.9 Å². The minimum Gasteiger partial charge on any atom is -0.312 e. The highest BCUT2D eigenvalue weighted by Gasteiger charge is 2.14. The molecule has 1 aliphatic heterocycles. The van der Waals surface area contributed by atoms with Crippen LogP contribution in [0, 0.1) is 6.92 Å². The van der Waals surface area contributed by atoms with Gasteiger partial charge < -0.3 is 10.6 Å². The quantitative estimate of drug-likeness (QED) is 0.724. The van der Waals surface area contributed by atoms with E-state index in [1.807, 2.05) is 60.1 Å². The Labute approximate surface area is 163 Å². The lowest BCUT2D eigenvalue weighted by Gasteiger charge is -2.17. The first kappa shape index (κ1) is 17.8. The van der Waals surface area contributed by atoms with Gasteiger partial charge in [0.1, 0.15) is 0 Å². The van der Waals surface area contributed by atoms with E-state index in [0.717, 1.165) is 30.8 Å². The van der Waals surface area contributed by atoms with Crippen molar-refractivity contribution < 1.29 is 4.79 Å². The van der Waals surface area contributed by atoms with E-state index in [0.29, 0.717) is 22.9 Å². The monoisotopic (exact) mass is 380 g/mol. The largest absolute Gasteiger partial charge is 0.312 e. The van der Waals surface area contributed by atoms with Crippen LogP contribution in [0.15, 0.2) is 48.5 Å². The molecule has 0 saturated carbocycles. The second kappa shape index (κ2) is 7.55. The number of anilines is 1. The number of benzene rings is 2. The summed E-state index contributed by atoms with van der Waals surface area (Å²) < 4.78 is 1.87. The number of halogens is 1. The van der Waals surface area contributed by atoms with E-state index >= 15 is 0 Å². The van der Waals surface area contributed by atoms with Crippen LogP contribution in [0.3, 0.4) is 0 Å². The second-order valence-electron chi connectivity index (χ2n) is 6.82. The summed E-state index contributed by atoms with van der Waals surface area (Å²) in [6.45, 7) is 4.42. The average Bonchev–Trinajstić information content (AvgIpc) is 3.02. The molecular formula is C21H21ClN4O. The molecule has 2 aromatic carbocycles. The minimum atomic E-state index is -0.132. The Kier molecular flexibility index (Phi) is 4.97. The molecule has 0 spiro atoms. The number of carbonyl (C=O) groups excluding carboxylic acids is 1. The Morgan fingerprint density at radius 1 is 1.19 bits per heavy atom. The van der Waals surface area contributed by atoms with Gasteiger partial charge in [-0.1, -0.05) is 29.8 Å². The molecule has 1 aliphatic rings. The maximum atomic E-state index is 12.6. The lowest BCUT2D eigenvalue weighted by Crippen LogP contribution is -2.24. The van der Waals surface area contributed by atoms with Gasteiger partial charge >= 0.3 is 0 Å². The van der Waals surface area contributed by atoms with Crippen LogP contribution in [-0.4, -0.2) is 22.2 Å². The molecule has 1 aromatic heterocycles. The fourth-order valence-corrected chi connectivity index (χ4v) is 3.43. The summed E-state index contributed by atoms with van der Waals surface area (Å²) in [6, 6.07) is 15.5. The van der Waals surface area contributed by atoms with E-state index < -0.39 is 0 Å².